The largest absolute Gasteiger partial charge is 0.423 e. The van der Waals surface area contributed by atoms with E-state index in [9.17, 15) is 9.59 Å². The van der Waals surface area contributed by atoms with Gasteiger partial charge in [0.2, 0.25) is 5.58 Å². The van der Waals surface area contributed by atoms with E-state index in [2.05, 4.69) is 43.1 Å². The van der Waals surface area contributed by atoms with Gasteiger partial charge in [0.25, 0.3) is 0 Å². The molecule has 7 heteroatoms. The van der Waals surface area contributed by atoms with E-state index in [0.29, 0.717) is 28.6 Å². The zero-order chi connectivity index (χ0) is 22.2. The van der Waals surface area contributed by atoms with E-state index in [1.54, 1.807) is 18.3 Å². The first-order chi connectivity index (χ1) is 15.5. The molecule has 0 aliphatic carbocycles. The molecule has 3 heterocycles. The molecular formula is C25H19N3O4. The number of nitrogens with zero attached hydrogens (tertiary/aromatic N) is 3. The number of aromatic nitrogens is 3. The number of pyridine rings is 1. The molecule has 0 bridgehead atoms. The molecule has 0 radical (unpaired) electrons. The van der Waals surface area contributed by atoms with Crippen molar-refractivity contribution in [2.45, 2.75) is 19.8 Å². The average molecular weight is 425 g/mol. The van der Waals surface area contributed by atoms with Gasteiger partial charge in [-0.2, -0.15) is 0 Å². The molecule has 32 heavy (non-hydrogen) atoms. The molecule has 0 unspecified atom stereocenters. The van der Waals surface area contributed by atoms with E-state index in [-0.39, 0.29) is 11.2 Å². The van der Waals surface area contributed by atoms with Gasteiger partial charge in [-0.1, -0.05) is 50.3 Å². The molecule has 0 amide bonds. The van der Waals surface area contributed by atoms with Crippen LogP contribution in [0.5, 0.6) is 0 Å². The summed E-state index contributed by atoms with van der Waals surface area (Å²) in [7, 11) is 0. The third-order valence-corrected chi connectivity index (χ3v) is 5.24. The molecule has 0 saturated carbocycles. The van der Waals surface area contributed by atoms with Gasteiger partial charge in [0.15, 0.2) is 5.58 Å². The van der Waals surface area contributed by atoms with Crippen molar-refractivity contribution in [2.24, 2.45) is 0 Å². The fourth-order valence-corrected chi connectivity index (χ4v) is 3.57. The third-order valence-electron chi connectivity index (χ3n) is 5.24. The smallest absolute Gasteiger partial charge is 0.414 e. The molecule has 0 aliphatic heterocycles. The minimum absolute atomic E-state index is 0.123. The second-order valence-electron chi connectivity index (χ2n) is 7.69. The summed E-state index contributed by atoms with van der Waals surface area (Å²) in [4.78, 5) is 32.5. The minimum atomic E-state index is -1.07. The molecule has 5 rings (SSSR count). The molecule has 3 aromatic heterocycles. The molecule has 5 aromatic rings. The van der Waals surface area contributed by atoms with Crippen LogP contribution in [0.2, 0.25) is 0 Å². The lowest BCUT2D eigenvalue weighted by Gasteiger charge is -2.06. The number of imidazole rings is 1. The summed E-state index contributed by atoms with van der Waals surface area (Å²) in [6.45, 7) is 4.32. The van der Waals surface area contributed by atoms with Crippen LogP contribution in [-0.4, -0.2) is 14.5 Å². The van der Waals surface area contributed by atoms with Crippen molar-refractivity contribution in [3.05, 3.63) is 98.6 Å². The lowest BCUT2D eigenvalue weighted by atomic mass is 10.0. The second-order valence-corrected chi connectivity index (χ2v) is 7.69. The molecule has 0 saturated heterocycles. The average Bonchev–Trinajstić information content (AvgIpc) is 3.18. The van der Waals surface area contributed by atoms with Crippen LogP contribution in [0.25, 0.3) is 40.2 Å². The molecule has 158 valence electrons. The lowest BCUT2D eigenvalue weighted by Crippen LogP contribution is -2.20. The number of fused-ring (bicyclic) bond motifs is 3. The Morgan fingerprint density at radius 1 is 0.906 bits per heavy atom. The van der Waals surface area contributed by atoms with Gasteiger partial charge < -0.3 is 8.83 Å². The maximum atomic E-state index is 11.8. The summed E-state index contributed by atoms with van der Waals surface area (Å²) >= 11 is 0. The highest BCUT2D eigenvalue weighted by molar-refractivity contribution is 5.99. The van der Waals surface area contributed by atoms with Crippen LogP contribution >= 0.6 is 0 Å². The number of hydrogen-bond donors (Lipinski definition) is 0. The zero-order valence-corrected chi connectivity index (χ0v) is 17.5. The topological polar surface area (TPSA) is 91.1 Å². The predicted molar refractivity (Wildman–Crippen MR) is 123 cm³/mol. The summed E-state index contributed by atoms with van der Waals surface area (Å²) in [5.74, 6) is 1.71. The molecule has 2 aromatic carbocycles. The van der Waals surface area contributed by atoms with Crippen molar-refractivity contribution < 1.29 is 8.83 Å². The first-order valence-electron chi connectivity index (χ1n) is 10.2. The van der Waals surface area contributed by atoms with Gasteiger partial charge in [-0.25, -0.2) is 19.6 Å². The van der Waals surface area contributed by atoms with Crippen LogP contribution in [-0.2, 0) is 0 Å². The van der Waals surface area contributed by atoms with Crippen LogP contribution in [0.1, 0.15) is 36.7 Å². The Bertz CT molecular complexity index is 1570. The molecular weight excluding hydrogens is 406 g/mol. The van der Waals surface area contributed by atoms with Crippen molar-refractivity contribution in [3.63, 3.8) is 0 Å². The summed E-state index contributed by atoms with van der Waals surface area (Å²) < 4.78 is 12.2. The summed E-state index contributed by atoms with van der Waals surface area (Å²) in [5.41, 5.74) is 1.53. The molecule has 0 aliphatic rings. The predicted octanol–water partition coefficient (Wildman–Crippen LogP) is 4.77. The summed E-state index contributed by atoms with van der Waals surface area (Å²) in [5, 5.41) is 0. The van der Waals surface area contributed by atoms with Gasteiger partial charge in [-0.3, -0.25) is 4.57 Å². The van der Waals surface area contributed by atoms with E-state index in [4.69, 9.17) is 13.8 Å². The van der Waals surface area contributed by atoms with Crippen molar-refractivity contribution >= 4 is 34.4 Å². The van der Waals surface area contributed by atoms with Gasteiger partial charge in [0.1, 0.15) is 17.2 Å². The Labute approximate surface area is 182 Å². The summed E-state index contributed by atoms with van der Waals surface area (Å²) in [6, 6.07) is 17.3. The van der Waals surface area contributed by atoms with Crippen LogP contribution in [0.4, 0.5) is 0 Å². The van der Waals surface area contributed by atoms with E-state index in [0.717, 1.165) is 5.56 Å². The van der Waals surface area contributed by atoms with Gasteiger partial charge >= 0.3 is 11.3 Å². The Hall–Kier alpha value is -4.26. The van der Waals surface area contributed by atoms with Gasteiger partial charge in [-0.05, 0) is 47.4 Å². The highest BCUT2D eigenvalue weighted by Crippen LogP contribution is 2.27. The van der Waals surface area contributed by atoms with Crippen molar-refractivity contribution in [3.8, 4) is 5.82 Å². The zero-order valence-electron chi connectivity index (χ0n) is 17.5. The normalized spacial score (nSPS) is 11.8. The molecule has 0 N–H and O–H groups in total. The Balaban J connectivity index is 1.71. The van der Waals surface area contributed by atoms with Crippen LogP contribution < -0.4 is 11.3 Å². The van der Waals surface area contributed by atoms with E-state index in [1.165, 1.54) is 5.56 Å². The standard InChI is InChI=1S/C25H19N3O4/c1-15(2)17-9-6-16(7-10-17)8-13-21-27-22-18(28(21)20-5-3-4-14-26-20)11-12-19-23(22)32-25(30)24(29)31-19/h3-15H,1-2H3/b13-8+. The van der Waals surface area contributed by atoms with Gasteiger partial charge in [-0.15, -0.1) is 0 Å². The quantitative estimate of drug-likeness (QED) is 0.385. The Morgan fingerprint density at radius 2 is 1.69 bits per heavy atom. The van der Waals surface area contributed by atoms with Gasteiger partial charge in [0, 0.05) is 6.20 Å². The number of benzene rings is 2. The fourth-order valence-electron chi connectivity index (χ4n) is 3.57. The van der Waals surface area contributed by atoms with Gasteiger partial charge in [0.05, 0.1) is 5.52 Å². The summed E-state index contributed by atoms with van der Waals surface area (Å²) in [6.07, 6.45) is 5.53. The molecule has 0 atom stereocenters. The van der Waals surface area contributed by atoms with Crippen molar-refractivity contribution in [2.75, 3.05) is 0 Å². The van der Waals surface area contributed by atoms with Crippen LogP contribution in [0.15, 0.2) is 79.2 Å². The van der Waals surface area contributed by atoms with Crippen molar-refractivity contribution in [1.29, 1.82) is 0 Å². The maximum Gasteiger partial charge on any atom is 0.423 e. The fraction of sp³-hybridized carbons (Fsp3) is 0.120. The van der Waals surface area contributed by atoms with Crippen LogP contribution in [0.3, 0.4) is 0 Å². The maximum absolute atomic E-state index is 11.8. The van der Waals surface area contributed by atoms with E-state index >= 15 is 0 Å². The highest BCUT2D eigenvalue weighted by atomic mass is 16.5. The number of rotatable bonds is 4. The van der Waals surface area contributed by atoms with Crippen LogP contribution in [0, 0.1) is 0 Å². The SMILES string of the molecule is CC(C)c1ccc(/C=C/c2nc3c4oc(=O)c(=O)oc4ccc3n2-c2ccccn2)cc1. The second kappa shape index (κ2) is 7.77. The highest BCUT2D eigenvalue weighted by Gasteiger charge is 2.17. The Kier molecular flexibility index (Phi) is 4.78. The third kappa shape index (κ3) is 3.43. The number of hydrogen-bond acceptors (Lipinski definition) is 6. The van der Waals surface area contributed by atoms with Crippen molar-refractivity contribution in [1.82, 2.24) is 14.5 Å². The Morgan fingerprint density at radius 3 is 2.41 bits per heavy atom. The monoisotopic (exact) mass is 425 g/mol. The van der Waals surface area contributed by atoms with E-state index < -0.39 is 11.3 Å². The minimum Gasteiger partial charge on any atom is -0.414 e. The molecule has 7 nitrogen and oxygen atoms in total. The first-order valence-corrected chi connectivity index (χ1v) is 10.2. The first kappa shape index (κ1) is 19.7. The molecule has 0 spiro atoms. The van der Waals surface area contributed by atoms with E-state index in [1.807, 2.05) is 34.9 Å². The molecule has 0 fully saturated rings. The lowest BCUT2D eigenvalue weighted by molar-refractivity contribution is 0.450.